The van der Waals surface area contributed by atoms with Crippen molar-refractivity contribution in [2.75, 3.05) is 18.6 Å². The van der Waals surface area contributed by atoms with Crippen molar-refractivity contribution in [3.63, 3.8) is 0 Å². The molecule has 1 heterocycles. The average Bonchev–Trinajstić information content (AvgIpc) is 2.65. The summed E-state index contributed by atoms with van der Waals surface area (Å²) in [6, 6.07) is 0. The second-order valence-electron chi connectivity index (χ2n) is 2.96. The van der Waals surface area contributed by atoms with Crippen molar-refractivity contribution in [3.8, 4) is 0 Å². The van der Waals surface area contributed by atoms with Gasteiger partial charge in [-0.25, -0.2) is 13.1 Å². The van der Waals surface area contributed by atoms with E-state index in [0.29, 0.717) is 12.2 Å². The SMILES string of the molecule is CS(=O)CCCNS(=O)(=O)c1cn[nH]c1. The third-order valence-electron chi connectivity index (χ3n) is 1.68. The van der Waals surface area contributed by atoms with Crippen LogP contribution in [0.1, 0.15) is 6.42 Å². The monoisotopic (exact) mass is 251 g/mol. The molecule has 15 heavy (non-hydrogen) atoms. The lowest BCUT2D eigenvalue weighted by Gasteiger charge is -2.02. The molecule has 0 fully saturated rings. The van der Waals surface area contributed by atoms with Crippen LogP contribution in [0.25, 0.3) is 0 Å². The summed E-state index contributed by atoms with van der Waals surface area (Å²) in [6.07, 6.45) is 4.69. The first-order valence-corrected chi connectivity index (χ1v) is 7.52. The quantitative estimate of drug-likeness (QED) is 0.664. The van der Waals surface area contributed by atoms with Gasteiger partial charge in [0.15, 0.2) is 0 Å². The molecule has 6 nitrogen and oxygen atoms in total. The Hall–Kier alpha value is -0.730. The predicted molar refractivity (Wildman–Crippen MR) is 57.3 cm³/mol. The average molecular weight is 251 g/mol. The Labute approximate surface area is 91.0 Å². The first-order chi connectivity index (χ1) is 7.02. The largest absolute Gasteiger partial charge is 0.284 e. The highest BCUT2D eigenvalue weighted by molar-refractivity contribution is 7.89. The fraction of sp³-hybridized carbons (Fsp3) is 0.571. The molecule has 0 aliphatic rings. The minimum absolute atomic E-state index is 0.111. The Balaban J connectivity index is 2.42. The van der Waals surface area contributed by atoms with Crippen LogP contribution < -0.4 is 4.72 Å². The van der Waals surface area contributed by atoms with Gasteiger partial charge in [0.25, 0.3) is 0 Å². The molecule has 0 bridgehead atoms. The van der Waals surface area contributed by atoms with Crippen LogP contribution in [0.4, 0.5) is 0 Å². The molecular formula is C7H13N3O3S2. The Bertz CT molecular complexity index is 413. The second kappa shape index (κ2) is 5.38. The lowest BCUT2D eigenvalue weighted by molar-refractivity contribution is 0.580. The molecule has 0 saturated carbocycles. The van der Waals surface area contributed by atoms with Crippen molar-refractivity contribution in [3.05, 3.63) is 12.4 Å². The first-order valence-electron chi connectivity index (χ1n) is 4.31. The highest BCUT2D eigenvalue weighted by atomic mass is 32.2. The van der Waals surface area contributed by atoms with Crippen molar-refractivity contribution in [2.45, 2.75) is 11.3 Å². The molecule has 0 aliphatic heterocycles. The van der Waals surface area contributed by atoms with Crippen LogP contribution in [0.3, 0.4) is 0 Å². The number of H-pyrrole nitrogens is 1. The van der Waals surface area contributed by atoms with E-state index >= 15 is 0 Å². The molecule has 0 aromatic carbocycles. The Morgan fingerprint density at radius 2 is 2.33 bits per heavy atom. The maximum absolute atomic E-state index is 11.5. The summed E-state index contributed by atoms with van der Waals surface area (Å²) in [5.41, 5.74) is 0. The maximum atomic E-state index is 11.5. The van der Waals surface area contributed by atoms with Gasteiger partial charge in [-0.3, -0.25) is 9.31 Å². The van der Waals surface area contributed by atoms with Crippen LogP contribution in [0.2, 0.25) is 0 Å². The maximum Gasteiger partial charge on any atom is 0.243 e. The van der Waals surface area contributed by atoms with Gasteiger partial charge in [0.1, 0.15) is 4.90 Å². The van der Waals surface area contributed by atoms with Gasteiger partial charge in [-0.15, -0.1) is 0 Å². The van der Waals surface area contributed by atoms with Crippen LogP contribution >= 0.6 is 0 Å². The summed E-state index contributed by atoms with van der Waals surface area (Å²) in [6.45, 7) is 0.285. The lowest BCUT2D eigenvalue weighted by atomic mass is 10.5. The fourth-order valence-corrected chi connectivity index (χ4v) is 2.48. The van der Waals surface area contributed by atoms with E-state index in [2.05, 4.69) is 14.9 Å². The summed E-state index contributed by atoms with van der Waals surface area (Å²) in [7, 11) is -4.34. The van der Waals surface area contributed by atoms with Crippen molar-refractivity contribution in [2.24, 2.45) is 0 Å². The predicted octanol–water partition coefficient (Wildman–Crippen LogP) is -0.543. The highest BCUT2D eigenvalue weighted by Gasteiger charge is 2.13. The van der Waals surface area contributed by atoms with Gasteiger partial charge in [0.05, 0.1) is 6.20 Å². The third-order valence-corrected chi connectivity index (χ3v) is 3.98. The molecular weight excluding hydrogens is 238 g/mol. The first kappa shape index (κ1) is 12.3. The van der Waals surface area contributed by atoms with E-state index in [0.717, 1.165) is 0 Å². The zero-order valence-corrected chi connectivity index (χ0v) is 9.90. The summed E-state index contributed by atoms with van der Waals surface area (Å²) < 4.78 is 36.1. The minimum atomic E-state index is -3.46. The fourth-order valence-electron chi connectivity index (χ4n) is 0.951. The molecule has 1 aromatic rings. The molecule has 1 rings (SSSR count). The van der Waals surface area contributed by atoms with E-state index in [9.17, 15) is 12.6 Å². The van der Waals surface area contributed by atoms with Crippen molar-refractivity contribution in [1.29, 1.82) is 0 Å². The molecule has 86 valence electrons. The van der Waals surface area contributed by atoms with E-state index < -0.39 is 20.8 Å². The molecule has 0 aliphatic carbocycles. The number of aromatic amines is 1. The number of hydrogen-bond acceptors (Lipinski definition) is 4. The minimum Gasteiger partial charge on any atom is -0.284 e. The summed E-state index contributed by atoms with van der Waals surface area (Å²) >= 11 is 0. The van der Waals surface area contributed by atoms with Gasteiger partial charge in [0, 0.05) is 35.5 Å². The van der Waals surface area contributed by atoms with Crippen molar-refractivity contribution >= 4 is 20.8 Å². The zero-order chi connectivity index (χ0) is 11.3. The summed E-state index contributed by atoms with van der Waals surface area (Å²) in [5.74, 6) is 0.494. The summed E-state index contributed by atoms with van der Waals surface area (Å²) in [4.78, 5) is 0.111. The molecule has 1 atom stereocenters. The topological polar surface area (TPSA) is 91.9 Å². The van der Waals surface area contributed by atoms with Crippen molar-refractivity contribution < 1.29 is 12.6 Å². The lowest BCUT2D eigenvalue weighted by Crippen LogP contribution is -2.25. The van der Waals surface area contributed by atoms with E-state index in [1.807, 2.05) is 0 Å². The Morgan fingerprint density at radius 1 is 1.60 bits per heavy atom. The number of nitrogens with one attached hydrogen (secondary N) is 2. The Morgan fingerprint density at radius 3 is 2.87 bits per heavy atom. The second-order valence-corrected chi connectivity index (χ2v) is 6.28. The molecule has 8 heteroatoms. The normalized spacial score (nSPS) is 13.9. The third kappa shape index (κ3) is 4.10. The van der Waals surface area contributed by atoms with E-state index in [-0.39, 0.29) is 11.4 Å². The van der Waals surface area contributed by atoms with Crippen molar-refractivity contribution in [1.82, 2.24) is 14.9 Å². The van der Waals surface area contributed by atoms with Gasteiger partial charge in [0.2, 0.25) is 10.0 Å². The van der Waals surface area contributed by atoms with Gasteiger partial charge >= 0.3 is 0 Å². The summed E-state index contributed by atoms with van der Waals surface area (Å²) in [5, 5.41) is 5.98. The molecule has 0 amide bonds. The van der Waals surface area contributed by atoms with Gasteiger partial charge in [-0.05, 0) is 6.42 Å². The number of nitrogens with zero attached hydrogens (tertiary/aromatic N) is 1. The number of sulfonamides is 1. The van der Waals surface area contributed by atoms with Crippen LogP contribution in [0.15, 0.2) is 17.3 Å². The molecule has 0 radical (unpaired) electrons. The van der Waals surface area contributed by atoms with Gasteiger partial charge < -0.3 is 0 Å². The van der Waals surface area contributed by atoms with Crippen LogP contribution in [-0.4, -0.2) is 41.4 Å². The number of hydrogen-bond donors (Lipinski definition) is 2. The number of aromatic nitrogens is 2. The van der Waals surface area contributed by atoms with Gasteiger partial charge in [-0.2, -0.15) is 5.10 Å². The van der Waals surface area contributed by atoms with E-state index in [1.54, 1.807) is 6.26 Å². The highest BCUT2D eigenvalue weighted by Crippen LogP contribution is 2.03. The van der Waals surface area contributed by atoms with Crippen LogP contribution in [0.5, 0.6) is 0 Å². The molecule has 0 spiro atoms. The van der Waals surface area contributed by atoms with E-state index in [4.69, 9.17) is 0 Å². The molecule has 1 unspecified atom stereocenters. The Kier molecular flexibility index (Phi) is 4.43. The number of rotatable bonds is 6. The van der Waals surface area contributed by atoms with Crippen LogP contribution in [-0.2, 0) is 20.8 Å². The molecule has 1 aromatic heterocycles. The molecule has 2 N–H and O–H groups in total. The van der Waals surface area contributed by atoms with E-state index in [1.165, 1.54) is 12.4 Å². The zero-order valence-electron chi connectivity index (χ0n) is 8.26. The van der Waals surface area contributed by atoms with Gasteiger partial charge in [-0.1, -0.05) is 0 Å². The smallest absolute Gasteiger partial charge is 0.243 e. The standard InChI is InChI=1S/C7H13N3O3S2/c1-14(11)4-2-3-10-15(12,13)7-5-8-9-6-7/h5-6,10H,2-4H2,1H3,(H,8,9). The van der Waals surface area contributed by atoms with Crippen LogP contribution in [0, 0.1) is 0 Å². The molecule has 0 saturated heterocycles.